The van der Waals surface area contributed by atoms with Gasteiger partial charge in [-0.25, -0.2) is 4.67 Å². The Balaban J connectivity index is 1.65. The molecule has 0 aliphatic heterocycles. The van der Waals surface area contributed by atoms with Gasteiger partial charge in [-0.15, -0.1) is 0 Å². The van der Waals surface area contributed by atoms with Crippen LogP contribution in [0.2, 0.25) is 0 Å². The average molecular weight is 351 g/mol. The van der Waals surface area contributed by atoms with Crippen LogP contribution in [0.15, 0.2) is 72.8 Å². The number of para-hydroxylation sites is 1. The van der Waals surface area contributed by atoms with Gasteiger partial charge < -0.3 is 4.52 Å². The summed E-state index contributed by atoms with van der Waals surface area (Å²) >= 11 is 0. The van der Waals surface area contributed by atoms with Gasteiger partial charge in [-0.1, -0.05) is 60.7 Å². The zero-order valence-corrected chi connectivity index (χ0v) is 16.2. The molecule has 3 rings (SSSR count). The third-order valence-electron chi connectivity index (χ3n) is 4.26. The first-order chi connectivity index (χ1) is 12.0. The number of hydrogen-bond donors (Lipinski definition) is 0. The topological polar surface area (TPSA) is 12.5 Å². The van der Waals surface area contributed by atoms with Crippen molar-refractivity contribution in [3.8, 4) is 5.75 Å². The molecule has 1 atom stereocenters. The molecule has 25 heavy (non-hydrogen) atoms. The van der Waals surface area contributed by atoms with E-state index in [0.29, 0.717) is 8.96 Å². The van der Waals surface area contributed by atoms with Gasteiger partial charge >= 0.3 is 0 Å². The van der Waals surface area contributed by atoms with Crippen molar-refractivity contribution in [1.29, 1.82) is 0 Å². The van der Waals surface area contributed by atoms with E-state index >= 15 is 0 Å². The fourth-order valence-electron chi connectivity index (χ4n) is 2.67. The second kappa shape index (κ2) is 7.99. The van der Waals surface area contributed by atoms with Crippen LogP contribution in [0.5, 0.6) is 5.75 Å². The first-order valence-corrected chi connectivity index (χ1v) is 9.58. The Bertz CT molecular complexity index is 742. The predicted molar refractivity (Wildman–Crippen MR) is 109 cm³/mol. The van der Waals surface area contributed by atoms with Crippen molar-refractivity contribution in [1.82, 2.24) is 4.67 Å². The number of rotatable bonds is 6. The Kier molecular flexibility index (Phi) is 5.73. The Morgan fingerprint density at radius 1 is 1.00 bits per heavy atom. The lowest BCUT2D eigenvalue weighted by Crippen LogP contribution is -2.35. The lowest BCUT2D eigenvalue weighted by atomic mass is 10.0. The first kappa shape index (κ1) is 17.9. The fourth-order valence-corrected chi connectivity index (χ4v) is 3.54. The van der Waals surface area contributed by atoms with Gasteiger partial charge in [0.2, 0.25) is 0 Å². The highest BCUT2D eigenvalue weighted by Crippen LogP contribution is 2.33. The third kappa shape index (κ3) is 5.04. The minimum atomic E-state index is 0.0454. The van der Waals surface area contributed by atoms with Gasteiger partial charge in [-0.2, -0.15) is 0 Å². The molecule has 0 fully saturated rings. The van der Waals surface area contributed by atoms with Gasteiger partial charge in [0, 0.05) is 12.1 Å². The van der Waals surface area contributed by atoms with Crippen LogP contribution < -0.4 is 4.52 Å². The maximum absolute atomic E-state index is 6.01. The van der Waals surface area contributed by atoms with Crippen molar-refractivity contribution in [2.24, 2.45) is 0 Å². The minimum Gasteiger partial charge on any atom is -0.461 e. The number of hydrogen-bond acceptors (Lipinski definition) is 2. The largest absolute Gasteiger partial charge is 0.461 e. The zero-order valence-electron chi connectivity index (χ0n) is 15.2. The molecule has 1 aliphatic carbocycles. The summed E-state index contributed by atoms with van der Waals surface area (Å²) < 4.78 is 8.39. The summed E-state index contributed by atoms with van der Waals surface area (Å²) in [5.41, 5.74) is 4.08. The highest BCUT2D eigenvalue weighted by molar-refractivity contribution is 7.29. The van der Waals surface area contributed by atoms with Gasteiger partial charge in [0.1, 0.15) is 14.7 Å². The van der Waals surface area contributed by atoms with Crippen molar-refractivity contribution in [3.63, 3.8) is 0 Å². The molecule has 0 saturated heterocycles. The van der Waals surface area contributed by atoms with Gasteiger partial charge in [0.05, 0.1) is 0 Å². The van der Waals surface area contributed by atoms with Crippen LogP contribution in [0.4, 0.5) is 0 Å². The van der Waals surface area contributed by atoms with Gasteiger partial charge in [0.15, 0.2) is 0 Å². The van der Waals surface area contributed by atoms with E-state index in [4.69, 9.17) is 4.52 Å². The predicted octanol–water partition coefficient (Wildman–Crippen LogP) is 6.22. The van der Waals surface area contributed by atoms with Crippen molar-refractivity contribution in [3.05, 3.63) is 84.0 Å². The molecule has 0 radical (unpaired) electrons. The molecule has 0 saturated carbocycles. The highest BCUT2D eigenvalue weighted by Gasteiger charge is 2.22. The summed E-state index contributed by atoms with van der Waals surface area (Å²) in [5, 5.41) is 0. The van der Waals surface area contributed by atoms with Gasteiger partial charge in [-0.3, -0.25) is 0 Å². The van der Waals surface area contributed by atoms with Gasteiger partial charge in [-0.05, 0) is 56.0 Å². The van der Waals surface area contributed by atoms with E-state index in [1.165, 1.54) is 16.7 Å². The Hall–Kier alpha value is -1.89. The lowest BCUT2D eigenvalue weighted by molar-refractivity contribution is 0.247. The molecule has 0 aromatic heterocycles. The Morgan fingerprint density at radius 2 is 1.72 bits per heavy atom. The van der Waals surface area contributed by atoms with Gasteiger partial charge in [0.25, 0.3) is 0 Å². The second-order valence-electron chi connectivity index (χ2n) is 7.28. The summed E-state index contributed by atoms with van der Waals surface area (Å²) in [4.78, 5) is 0. The molecular weight excluding hydrogens is 325 g/mol. The van der Waals surface area contributed by atoms with E-state index in [1.54, 1.807) is 0 Å². The van der Waals surface area contributed by atoms with Crippen LogP contribution in [-0.4, -0.2) is 10.2 Å². The summed E-state index contributed by atoms with van der Waals surface area (Å²) in [7, 11) is 0.292. The SMILES string of the molecule is CC(C)(C)N(Cc1ccc(C2=CC=CC2)cc1)POc1ccccc1. The van der Waals surface area contributed by atoms with E-state index in [1.807, 2.05) is 30.3 Å². The lowest BCUT2D eigenvalue weighted by Gasteiger charge is -2.34. The molecule has 1 aliphatic rings. The molecule has 1 unspecified atom stereocenters. The molecular formula is C22H26NOP. The molecule has 3 heteroatoms. The Morgan fingerprint density at radius 3 is 2.32 bits per heavy atom. The van der Waals surface area contributed by atoms with E-state index in [-0.39, 0.29) is 5.54 Å². The van der Waals surface area contributed by atoms with Crippen molar-refractivity contribution >= 4 is 14.5 Å². The molecule has 0 N–H and O–H groups in total. The summed E-state index contributed by atoms with van der Waals surface area (Å²) in [6, 6.07) is 19.0. The van der Waals surface area contributed by atoms with E-state index in [0.717, 1.165) is 18.7 Å². The molecule has 0 spiro atoms. The number of benzene rings is 2. The zero-order chi connectivity index (χ0) is 17.7. The quantitative estimate of drug-likeness (QED) is 0.573. The van der Waals surface area contributed by atoms with Crippen LogP contribution in [0, 0.1) is 0 Å². The standard InChI is InChI=1S/C22H26NOP/c1-22(2,3)23(25-24-21-11-5-4-6-12-21)17-18-13-15-20(16-14-18)19-9-7-8-10-19/h4-9,11-16,25H,10,17H2,1-3H3. The summed E-state index contributed by atoms with van der Waals surface area (Å²) in [6.07, 6.45) is 7.57. The smallest absolute Gasteiger partial charge is 0.150 e. The molecule has 0 heterocycles. The third-order valence-corrected chi connectivity index (χ3v) is 5.64. The Labute approximate surface area is 153 Å². The van der Waals surface area contributed by atoms with Crippen molar-refractivity contribution < 1.29 is 4.52 Å². The molecule has 2 aromatic rings. The first-order valence-electron chi connectivity index (χ1n) is 8.72. The van der Waals surface area contributed by atoms with E-state index < -0.39 is 0 Å². The molecule has 2 nitrogen and oxygen atoms in total. The maximum Gasteiger partial charge on any atom is 0.150 e. The average Bonchev–Trinajstić information content (AvgIpc) is 3.13. The monoisotopic (exact) mass is 351 g/mol. The molecule has 0 bridgehead atoms. The molecule has 130 valence electrons. The summed E-state index contributed by atoms with van der Waals surface area (Å²) in [5.74, 6) is 0.922. The normalized spacial score (nSPS) is 14.5. The van der Waals surface area contributed by atoms with E-state index in [2.05, 4.69) is 67.9 Å². The van der Waals surface area contributed by atoms with Crippen molar-refractivity contribution in [2.75, 3.05) is 0 Å². The number of allylic oxidation sites excluding steroid dienone is 4. The molecule has 2 aromatic carbocycles. The van der Waals surface area contributed by atoms with E-state index in [9.17, 15) is 0 Å². The maximum atomic E-state index is 6.01. The van der Waals surface area contributed by atoms with Crippen LogP contribution in [0.3, 0.4) is 0 Å². The highest BCUT2D eigenvalue weighted by atomic mass is 31.1. The number of nitrogens with zero attached hydrogens (tertiary/aromatic N) is 1. The van der Waals surface area contributed by atoms with Crippen LogP contribution in [0.25, 0.3) is 5.57 Å². The van der Waals surface area contributed by atoms with Crippen LogP contribution in [0.1, 0.15) is 38.3 Å². The summed E-state index contributed by atoms with van der Waals surface area (Å²) in [6.45, 7) is 7.58. The van der Waals surface area contributed by atoms with Crippen LogP contribution in [-0.2, 0) is 6.54 Å². The van der Waals surface area contributed by atoms with Crippen molar-refractivity contribution in [2.45, 2.75) is 39.3 Å². The second-order valence-corrected chi connectivity index (χ2v) is 8.21. The molecule has 0 amide bonds. The minimum absolute atomic E-state index is 0.0454. The van der Waals surface area contributed by atoms with Crippen LogP contribution >= 0.6 is 8.96 Å². The fraction of sp³-hybridized carbons (Fsp3) is 0.273.